The molecule has 1 aromatic heterocycles. The normalized spacial score (nSPS) is 19.6. The number of hydrogen-bond acceptors (Lipinski definition) is 6. The molecule has 0 saturated carbocycles. The number of amides is 1. The highest BCUT2D eigenvalue weighted by Gasteiger charge is 2.40. The summed E-state index contributed by atoms with van der Waals surface area (Å²) in [5.74, 6) is 0.568. The standard InChI is InChI=1S/C20H23ClN2O5S/c1-14-17(22-19(28-14)15-2-4-16(21)5-3-15)12-29(25)13-18(24)23-8-6-20(7-9-23)26-10-11-27-20/h2-5H,6-13H2,1H3/t29-/m1/s1. The third-order valence-electron chi connectivity index (χ3n) is 5.26. The first-order valence-electron chi connectivity index (χ1n) is 9.57. The van der Waals surface area contributed by atoms with E-state index in [4.69, 9.17) is 25.5 Å². The highest BCUT2D eigenvalue weighted by molar-refractivity contribution is 7.84. The van der Waals surface area contributed by atoms with E-state index in [2.05, 4.69) is 4.98 Å². The van der Waals surface area contributed by atoms with Gasteiger partial charge in [0.25, 0.3) is 0 Å². The first kappa shape index (κ1) is 20.5. The van der Waals surface area contributed by atoms with Gasteiger partial charge in [-0.3, -0.25) is 9.00 Å². The topological polar surface area (TPSA) is 81.9 Å². The Balaban J connectivity index is 1.32. The molecule has 2 aromatic rings. The zero-order valence-corrected chi connectivity index (χ0v) is 17.8. The van der Waals surface area contributed by atoms with Crippen molar-refractivity contribution in [2.75, 3.05) is 32.1 Å². The number of ether oxygens (including phenoxy) is 2. The van der Waals surface area contributed by atoms with Crippen molar-refractivity contribution in [2.24, 2.45) is 0 Å². The Hall–Kier alpha value is -1.74. The van der Waals surface area contributed by atoms with Crippen LogP contribution < -0.4 is 0 Å². The van der Waals surface area contributed by atoms with Gasteiger partial charge in [-0.2, -0.15) is 0 Å². The maximum Gasteiger partial charge on any atom is 0.235 e. The number of hydrogen-bond donors (Lipinski definition) is 0. The van der Waals surface area contributed by atoms with Crippen molar-refractivity contribution in [1.82, 2.24) is 9.88 Å². The fourth-order valence-electron chi connectivity index (χ4n) is 3.59. The summed E-state index contributed by atoms with van der Waals surface area (Å²) in [5, 5.41) is 0.631. The second kappa shape index (κ2) is 8.55. The summed E-state index contributed by atoms with van der Waals surface area (Å²) in [4.78, 5) is 18.7. The molecule has 9 heteroatoms. The predicted molar refractivity (Wildman–Crippen MR) is 109 cm³/mol. The smallest absolute Gasteiger partial charge is 0.235 e. The second-order valence-corrected chi connectivity index (χ2v) is 9.14. The lowest BCUT2D eigenvalue weighted by atomic mass is 10.0. The van der Waals surface area contributed by atoms with E-state index in [1.807, 2.05) is 12.1 Å². The number of carbonyl (C=O) groups excluding carboxylic acids is 1. The molecular formula is C20H23ClN2O5S. The number of likely N-dealkylation sites (tertiary alicyclic amines) is 1. The molecule has 0 bridgehead atoms. The van der Waals surface area contributed by atoms with Crippen LogP contribution in [0.2, 0.25) is 5.02 Å². The molecule has 1 atom stereocenters. The molecule has 7 nitrogen and oxygen atoms in total. The predicted octanol–water partition coefficient (Wildman–Crippen LogP) is 2.92. The van der Waals surface area contributed by atoms with Gasteiger partial charge in [-0.05, 0) is 31.2 Å². The zero-order valence-electron chi connectivity index (χ0n) is 16.2. The Labute approximate surface area is 176 Å². The number of benzene rings is 1. The number of oxazole rings is 1. The Kier molecular flexibility index (Phi) is 6.06. The summed E-state index contributed by atoms with van der Waals surface area (Å²) in [7, 11) is -1.37. The molecule has 0 radical (unpaired) electrons. The van der Waals surface area contributed by atoms with Crippen molar-refractivity contribution in [1.29, 1.82) is 0 Å². The van der Waals surface area contributed by atoms with E-state index < -0.39 is 16.6 Å². The molecule has 4 rings (SSSR count). The van der Waals surface area contributed by atoms with Gasteiger partial charge in [0.1, 0.15) is 11.5 Å². The fourth-order valence-corrected chi connectivity index (χ4v) is 4.85. The summed E-state index contributed by atoms with van der Waals surface area (Å²) in [6, 6.07) is 7.16. The summed E-state index contributed by atoms with van der Waals surface area (Å²) in [6.45, 7) is 4.10. The van der Waals surface area contributed by atoms with Gasteiger partial charge in [0.05, 0.1) is 24.7 Å². The number of halogens is 1. The molecule has 156 valence electrons. The Morgan fingerprint density at radius 1 is 1.21 bits per heavy atom. The maximum absolute atomic E-state index is 12.6. The first-order valence-corrected chi connectivity index (χ1v) is 11.4. The molecule has 0 N–H and O–H groups in total. The van der Waals surface area contributed by atoms with Crippen LogP contribution in [0.1, 0.15) is 24.3 Å². The molecule has 2 saturated heterocycles. The van der Waals surface area contributed by atoms with E-state index in [9.17, 15) is 9.00 Å². The molecule has 2 aliphatic heterocycles. The number of nitrogens with zero attached hydrogens (tertiary/aromatic N) is 2. The lowest BCUT2D eigenvalue weighted by Gasteiger charge is -2.37. The molecule has 1 amide bonds. The van der Waals surface area contributed by atoms with Crippen LogP contribution in [0.5, 0.6) is 0 Å². The van der Waals surface area contributed by atoms with Gasteiger partial charge in [0, 0.05) is 47.3 Å². The summed E-state index contributed by atoms with van der Waals surface area (Å²) in [5.41, 5.74) is 1.40. The van der Waals surface area contributed by atoms with Crippen molar-refractivity contribution >= 4 is 28.3 Å². The third kappa shape index (κ3) is 4.71. The molecular weight excluding hydrogens is 416 g/mol. The van der Waals surface area contributed by atoms with Crippen molar-refractivity contribution in [2.45, 2.75) is 31.3 Å². The molecule has 1 aromatic carbocycles. The van der Waals surface area contributed by atoms with Crippen LogP contribution in [0.4, 0.5) is 0 Å². The minimum Gasteiger partial charge on any atom is -0.441 e. The minimum absolute atomic E-state index is 0.0305. The van der Waals surface area contributed by atoms with Gasteiger partial charge in [0.15, 0.2) is 5.79 Å². The monoisotopic (exact) mass is 438 g/mol. The molecule has 2 aliphatic rings. The van der Waals surface area contributed by atoms with Crippen molar-refractivity contribution < 1.29 is 22.9 Å². The van der Waals surface area contributed by atoms with E-state index in [1.54, 1.807) is 24.0 Å². The Morgan fingerprint density at radius 3 is 2.52 bits per heavy atom. The lowest BCUT2D eigenvalue weighted by molar-refractivity contribution is -0.186. The maximum atomic E-state index is 12.6. The van der Waals surface area contributed by atoms with Gasteiger partial charge in [-0.25, -0.2) is 4.98 Å². The van der Waals surface area contributed by atoms with Crippen LogP contribution in [-0.4, -0.2) is 57.8 Å². The first-order chi connectivity index (χ1) is 13.9. The number of piperidine rings is 1. The molecule has 1 spiro atoms. The Bertz CT molecular complexity index is 898. The number of aryl methyl sites for hydroxylation is 1. The summed E-state index contributed by atoms with van der Waals surface area (Å²) < 4.78 is 29.6. The van der Waals surface area contributed by atoms with Crippen LogP contribution in [0.3, 0.4) is 0 Å². The fraction of sp³-hybridized carbons (Fsp3) is 0.500. The molecule has 2 fully saturated rings. The van der Waals surface area contributed by atoms with Gasteiger partial charge in [-0.15, -0.1) is 0 Å². The van der Waals surface area contributed by atoms with Gasteiger partial charge in [0.2, 0.25) is 11.8 Å². The molecule has 29 heavy (non-hydrogen) atoms. The van der Waals surface area contributed by atoms with Crippen molar-refractivity contribution in [3.63, 3.8) is 0 Å². The number of rotatable bonds is 5. The largest absolute Gasteiger partial charge is 0.441 e. The number of aromatic nitrogens is 1. The van der Waals surface area contributed by atoms with Gasteiger partial charge < -0.3 is 18.8 Å². The highest BCUT2D eigenvalue weighted by atomic mass is 35.5. The van der Waals surface area contributed by atoms with E-state index in [1.165, 1.54) is 0 Å². The number of carbonyl (C=O) groups is 1. The Morgan fingerprint density at radius 2 is 1.86 bits per heavy atom. The van der Waals surface area contributed by atoms with Crippen molar-refractivity contribution in [3.8, 4) is 11.5 Å². The van der Waals surface area contributed by atoms with Crippen molar-refractivity contribution in [3.05, 3.63) is 40.7 Å². The van der Waals surface area contributed by atoms with Crippen LogP contribution in [0, 0.1) is 6.92 Å². The minimum atomic E-state index is -1.37. The lowest BCUT2D eigenvalue weighted by Crippen LogP contribution is -2.48. The molecule has 0 unspecified atom stereocenters. The van der Waals surface area contributed by atoms with E-state index in [0.717, 1.165) is 5.56 Å². The second-order valence-electron chi connectivity index (χ2n) is 7.25. The van der Waals surface area contributed by atoms with E-state index in [-0.39, 0.29) is 17.4 Å². The summed E-state index contributed by atoms with van der Waals surface area (Å²) in [6.07, 6.45) is 1.30. The molecule has 3 heterocycles. The average molecular weight is 439 g/mol. The molecule has 0 aliphatic carbocycles. The van der Waals surface area contributed by atoms with E-state index >= 15 is 0 Å². The highest BCUT2D eigenvalue weighted by Crippen LogP contribution is 2.31. The van der Waals surface area contributed by atoms with Gasteiger partial charge in [-0.1, -0.05) is 11.6 Å². The quantitative estimate of drug-likeness (QED) is 0.713. The van der Waals surface area contributed by atoms with Crippen LogP contribution in [0.25, 0.3) is 11.5 Å². The van der Waals surface area contributed by atoms with Crippen LogP contribution in [0.15, 0.2) is 28.7 Å². The SMILES string of the molecule is Cc1oc(-c2ccc(Cl)cc2)nc1C[S@@](=O)CC(=O)N1CCC2(CC1)OCCO2. The van der Waals surface area contributed by atoms with Crippen LogP contribution >= 0.6 is 11.6 Å². The van der Waals surface area contributed by atoms with Gasteiger partial charge >= 0.3 is 0 Å². The summed E-state index contributed by atoms with van der Waals surface area (Å²) >= 11 is 5.91. The third-order valence-corrected chi connectivity index (χ3v) is 6.67. The van der Waals surface area contributed by atoms with E-state index in [0.29, 0.717) is 61.5 Å². The van der Waals surface area contributed by atoms with Crippen LogP contribution in [-0.2, 0) is 30.8 Å². The zero-order chi connectivity index (χ0) is 20.4. The average Bonchev–Trinajstić information content (AvgIpc) is 3.30.